The average Bonchev–Trinajstić information content (AvgIpc) is 2.62. The maximum absolute atomic E-state index is 5.55. The molecule has 2 aromatic rings. The molecule has 0 N–H and O–H groups in total. The third kappa shape index (κ3) is 3.53. The van der Waals surface area contributed by atoms with Gasteiger partial charge in [-0.05, 0) is 23.8 Å². The highest BCUT2D eigenvalue weighted by Crippen LogP contribution is 2.42. The third-order valence-corrected chi connectivity index (χ3v) is 4.46. The number of benzene rings is 2. The fourth-order valence-corrected chi connectivity index (χ4v) is 3.00. The highest BCUT2D eigenvalue weighted by atomic mass is 79.9. The van der Waals surface area contributed by atoms with Gasteiger partial charge in [-0.1, -0.05) is 22.0 Å². The lowest BCUT2D eigenvalue weighted by Gasteiger charge is -2.17. The van der Waals surface area contributed by atoms with E-state index in [2.05, 4.69) is 15.9 Å². The van der Waals surface area contributed by atoms with E-state index in [1.54, 1.807) is 35.5 Å². The van der Waals surface area contributed by atoms with Crippen LogP contribution in [0, 0.1) is 0 Å². The van der Waals surface area contributed by atoms with Gasteiger partial charge in [0.15, 0.2) is 23.0 Å². The van der Waals surface area contributed by atoms with Crippen LogP contribution in [-0.4, -0.2) is 35.5 Å². The highest BCUT2D eigenvalue weighted by molar-refractivity contribution is 9.10. The van der Waals surface area contributed by atoms with Crippen LogP contribution in [0.3, 0.4) is 0 Å². The second kappa shape index (κ2) is 8.15. The summed E-state index contributed by atoms with van der Waals surface area (Å²) in [7, 11) is 8.04. The molecule has 0 aliphatic rings. The van der Waals surface area contributed by atoms with Crippen molar-refractivity contribution in [3.05, 3.63) is 39.9 Å². The van der Waals surface area contributed by atoms with Gasteiger partial charge in [0.2, 0.25) is 5.75 Å². The maximum atomic E-state index is 5.55. The number of hydrogen-bond acceptors (Lipinski definition) is 5. The Bertz CT molecular complexity index is 715. The standard InChI is InChI=1S/C18H21BrO5/c1-20-14-7-6-11(17(23-4)18(14)24-5)8-12-9-15(21-2)16(22-3)10-13(12)19/h6-7,9-10H,8H2,1-5H3. The van der Waals surface area contributed by atoms with Crippen molar-refractivity contribution >= 4 is 15.9 Å². The van der Waals surface area contributed by atoms with E-state index in [-0.39, 0.29) is 0 Å². The predicted octanol–water partition coefficient (Wildman–Crippen LogP) is 4.08. The molecule has 0 fully saturated rings. The summed E-state index contributed by atoms with van der Waals surface area (Å²) in [4.78, 5) is 0. The van der Waals surface area contributed by atoms with Crippen molar-refractivity contribution in [2.75, 3.05) is 35.5 Å². The quantitative estimate of drug-likeness (QED) is 0.705. The van der Waals surface area contributed by atoms with E-state index in [1.165, 1.54) is 0 Å². The normalized spacial score (nSPS) is 10.2. The summed E-state index contributed by atoms with van der Waals surface area (Å²) in [5, 5.41) is 0. The highest BCUT2D eigenvalue weighted by Gasteiger charge is 2.18. The molecule has 0 saturated carbocycles. The summed E-state index contributed by atoms with van der Waals surface area (Å²) in [6.45, 7) is 0. The van der Waals surface area contributed by atoms with Gasteiger partial charge in [-0.15, -0.1) is 0 Å². The molecule has 0 amide bonds. The molecule has 2 rings (SSSR count). The van der Waals surface area contributed by atoms with E-state index in [0.29, 0.717) is 35.2 Å². The smallest absolute Gasteiger partial charge is 0.203 e. The minimum absolute atomic E-state index is 0.578. The number of rotatable bonds is 7. The summed E-state index contributed by atoms with van der Waals surface area (Å²) in [5.74, 6) is 3.21. The monoisotopic (exact) mass is 396 g/mol. The molecular weight excluding hydrogens is 376 g/mol. The number of hydrogen-bond donors (Lipinski definition) is 0. The van der Waals surface area contributed by atoms with E-state index in [9.17, 15) is 0 Å². The molecule has 0 aliphatic carbocycles. The molecule has 5 nitrogen and oxygen atoms in total. The Hall–Kier alpha value is -2.08. The van der Waals surface area contributed by atoms with E-state index < -0.39 is 0 Å². The van der Waals surface area contributed by atoms with Crippen molar-refractivity contribution in [3.8, 4) is 28.7 Å². The van der Waals surface area contributed by atoms with Crippen molar-refractivity contribution in [2.45, 2.75) is 6.42 Å². The molecule has 0 aromatic heterocycles. The van der Waals surface area contributed by atoms with Gasteiger partial charge in [-0.2, -0.15) is 0 Å². The fourth-order valence-electron chi connectivity index (χ4n) is 2.54. The van der Waals surface area contributed by atoms with Gasteiger partial charge in [0.05, 0.1) is 35.5 Å². The minimum Gasteiger partial charge on any atom is -0.493 e. The number of ether oxygens (including phenoxy) is 5. The Morgan fingerprint density at radius 2 is 1.25 bits per heavy atom. The van der Waals surface area contributed by atoms with Crippen LogP contribution in [0.1, 0.15) is 11.1 Å². The van der Waals surface area contributed by atoms with Gasteiger partial charge in [0, 0.05) is 16.5 Å². The topological polar surface area (TPSA) is 46.2 Å². The van der Waals surface area contributed by atoms with E-state index in [1.807, 2.05) is 24.3 Å². The second-order valence-electron chi connectivity index (χ2n) is 4.97. The predicted molar refractivity (Wildman–Crippen MR) is 96.2 cm³/mol. The van der Waals surface area contributed by atoms with Gasteiger partial charge in [-0.25, -0.2) is 0 Å². The molecule has 0 aliphatic heterocycles. The maximum Gasteiger partial charge on any atom is 0.203 e. The van der Waals surface area contributed by atoms with Gasteiger partial charge >= 0.3 is 0 Å². The zero-order valence-corrected chi connectivity index (χ0v) is 16.0. The molecule has 24 heavy (non-hydrogen) atoms. The lowest BCUT2D eigenvalue weighted by Crippen LogP contribution is -2.01. The molecule has 2 aromatic carbocycles. The van der Waals surface area contributed by atoms with Crippen LogP contribution < -0.4 is 23.7 Å². The fraction of sp³-hybridized carbons (Fsp3) is 0.333. The third-order valence-electron chi connectivity index (χ3n) is 3.72. The van der Waals surface area contributed by atoms with Crippen LogP contribution >= 0.6 is 15.9 Å². The van der Waals surface area contributed by atoms with Crippen molar-refractivity contribution < 1.29 is 23.7 Å². The molecule has 0 bridgehead atoms. The number of halogens is 1. The summed E-state index contributed by atoms with van der Waals surface area (Å²) < 4.78 is 27.9. The summed E-state index contributed by atoms with van der Waals surface area (Å²) in [6, 6.07) is 7.66. The zero-order valence-electron chi connectivity index (χ0n) is 14.4. The Balaban J connectivity index is 2.48. The van der Waals surface area contributed by atoms with Gasteiger partial charge in [0.1, 0.15) is 0 Å². The van der Waals surface area contributed by atoms with Crippen LogP contribution in [0.2, 0.25) is 0 Å². The van der Waals surface area contributed by atoms with Gasteiger partial charge < -0.3 is 23.7 Å². The molecule has 0 saturated heterocycles. The van der Waals surface area contributed by atoms with Crippen molar-refractivity contribution in [1.29, 1.82) is 0 Å². The first-order valence-electron chi connectivity index (χ1n) is 7.27. The van der Waals surface area contributed by atoms with Crippen molar-refractivity contribution in [3.63, 3.8) is 0 Å². The molecule has 0 spiro atoms. The van der Waals surface area contributed by atoms with Gasteiger partial charge in [-0.3, -0.25) is 0 Å². The summed E-state index contributed by atoms with van der Waals surface area (Å²) in [5.41, 5.74) is 2.02. The molecule has 130 valence electrons. The van der Waals surface area contributed by atoms with E-state index in [0.717, 1.165) is 15.6 Å². The molecule has 0 atom stereocenters. The number of methoxy groups -OCH3 is 5. The van der Waals surface area contributed by atoms with E-state index >= 15 is 0 Å². The summed E-state index contributed by atoms with van der Waals surface area (Å²) in [6.07, 6.45) is 0.629. The van der Waals surface area contributed by atoms with Crippen LogP contribution in [0.4, 0.5) is 0 Å². The summed E-state index contributed by atoms with van der Waals surface area (Å²) >= 11 is 3.59. The minimum atomic E-state index is 0.578. The Morgan fingerprint density at radius 1 is 0.667 bits per heavy atom. The zero-order chi connectivity index (χ0) is 17.7. The lowest BCUT2D eigenvalue weighted by atomic mass is 10.0. The Kier molecular flexibility index (Phi) is 6.20. The van der Waals surface area contributed by atoms with Crippen molar-refractivity contribution in [1.82, 2.24) is 0 Å². The molecule has 0 radical (unpaired) electrons. The van der Waals surface area contributed by atoms with Gasteiger partial charge in [0.25, 0.3) is 0 Å². The first kappa shape index (κ1) is 18.3. The molecule has 0 unspecified atom stereocenters. The first-order chi connectivity index (χ1) is 11.6. The van der Waals surface area contributed by atoms with Crippen molar-refractivity contribution in [2.24, 2.45) is 0 Å². The largest absolute Gasteiger partial charge is 0.493 e. The second-order valence-corrected chi connectivity index (χ2v) is 5.82. The average molecular weight is 397 g/mol. The Morgan fingerprint density at radius 3 is 1.79 bits per heavy atom. The molecule has 0 heterocycles. The lowest BCUT2D eigenvalue weighted by molar-refractivity contribution is 0.322. The first-order valence-corrected chi connectivity index (χ1v) is 8.07. The molecule has 6 heteroatoms. The Labute approximate surface area is 150 Å². The van der Waals surface area contributed by atoms with Crippen LogP contribution in [0.15, 0.2) is 28.7 Å². The van der Waals surface area contributed by atoms with E-state index in [4.69, 9.17) is 23.7 Å². The SMILES string of the molecule is COc1cc(Br)c(Cc2ccc(OC)c(OC)c2OC)cc1OC. The van der Waals surface area contributed by atoms with Crippen LogP contribution in [0.25, 0.3) is 0 Å². The molecular formula is C18H21BrO5. The van der Waals surface area contributed by atoms with Crippen LogP contribution in [0.5, 0.6) is 28.7 Å². The van der Waals surface area contributed by atoms with Crippen LogP contribution in [-0.2, 0) is 6.42 Å².